The van der Waals surface area contributed by atoms with Crippen LogP contribution in [0.4, 0.5) is 26.4 Å². The standard InChI is InChI=1S/C48H55FN10O4/c1-30-22-34(27-57(26-30)41-24-40(53-54-44(41)50)37-4-2-3-5-42(37)60)31-6-10-33(11-7-31)46(62)56-20-15-48(49,16-21-56)29-55-17-12-35(13-18-55)59-28-39(32-8-9-32)38-23-36(25-51-45(38)59)58-19-14-43(61)52-47(58)63/h2-7,10-11,23-25,28,30,32,34-35,60H,8-9,12-22,26-27,29H2,1H3,(H2,50,54)(H,52,61,63)/t30-,34+/m1/s1. The minimum Gasteiger partial charge on any atom is -0.507 e. The van der Waals surface area contributed by atoms with E-state index < -0.39 is 11.7 Å². The Morgan fingerprint density at radius 2 is 1.70 bits per heavy atom. The fraction of sp³-hybridized carbons (Fsp3) is 0.458. The topological polar surface area (TPSA) is 166 Å². The molecule has 5 aromatic rings. The number of nitrogens with zero attached hydrogens (tertiary/aromatic N) is 8. The zero-order valence-electron chi connectivity index (χ0n) is 35.8. The minimum atomic E-state index is -1.35. The van der Waals surface area contributed by atoms with Gasteiger partial charge in [0.2, 0.25) is 5.91 Å². The number of rotatable bonds is 9. The summed E-state index contributed by atoms with van der Waals surface area (Å²) in [5.74, 6) is 1.25. The average Bonchev–Trinajstić information content (AvgIpc) is 4.06. The number of amides is 4. The maximum atomic E-state index is 16.5. The molecule has 63 heavy (non-hydrogen) atoms. The molecule has 5 fully saturated rings. The maximum Gasteiger partial charge on any atom is 0.328 e. The quantitative estimate of drug-likeness (QED) is 0.140. The van der Waals surface area contributed by atoms with Gasteiger partial charge in [-0.15, -0.1) is 10.2 Å². The summed E-state index contributed by atoms with van der Waals surface area (Å²) in [6.07, 6.45) is 9.93. The normalized spacial score (nSPS) is 22.4. The Balaban J connectivity index is 0.733. The number of phenolic OH excluding ortho intramolecular Hbond substituents is 1. The number of alkyl halides is 1. The number of urea groups is 1. The molecular weight excluding hydrogens is 800 g/mol. The molecule has 4 aliphatic heterocycles. The summed E-state index contributed by atoms with van der Waals surface area (Å²) in [6.45, 7) is 6.81. The van der Waals surface area contributed by atoms with Crippen LogP contribution in [0.2, 0.25) is 0 Å². The van der Waals surface area contributed by atoms with Gasteiger partial charge in [0.05, 0.1) is 23.3 Å². The number of aromatic nitrogens is 4. The SMILES string of the molecule is C[C@@H]1C[C@H](c2ccc(C(=O)N3CCC(F)(CN4CCC(n5cc(C6CC6)c6cc(N7CCC(=O)NC7=O)cnc65)CC4)CC3)cc2)CN(c2cc(-c3ccccc3O)nnc2N)C1. The van der Waals surface area contributed by atoms with Crippen molar-refractivity contribution in [2.75, 3.05) is 67.9 Å². The number of hydrogen-bond donors (Lipinski definition) is 3. The molecule has 5 aliphatic rings. The molecule has 3 aromatic heterocycles. The lowest BCUT2D eigenvalue weighted by Crippen LogP contribution is -2.51. The number of nitrogens with two attached hydrogens (primary N) is 1. The molecule has 14 nitrogen and oxygen atoms in total. The van der Waals surface area contributed by atoms with Crippen LogP contribution in [-0.4, -0.2) is 111 Å². The molecule has 328 valence electrons. The van der Waals surface area contributed by atoms with E-state index in [1.54, 1.807) is 28.1 Å². The second-order valence-corrected chi connectivity index (χ2v) is 18.6. The van der Waals surface area contributed by atoms with Crippen molar-refractivity contribution in [3.05, 3.63) is 89.7 Å². The first kappa shape index (κ1) is 41.0. The predicted octanol–water partition coefficient (Wildman–Crippen LogP) is 7.02. The number of carbonyl (C=O) groups is 3. The average molecular weight is 855 g/mol. The molecule has 0 unspecified atom stereocenters. The fourth-order valence-corrected chi connectivity index (χ4v) is 10.5. The molecule has 1 aliphatic carbocycles. The number of para-hydroxylation sites is 1. The van der Waals surface area contributed by atoms with Gasteiger partial charge in [-0.3, -0.25) is 19.8 Å². The van der Waals surface area contributed by atoms with Gasteiger partial charge in [-0.25, -0.2) is 14.2 Å². The number of phenols is 1. The van der Waals surface area contributed by atoms with E-state index in [1.807, 2.05) is 30.3 Å². The highest BCUT2D eigenvalue weighted by Gasteiger charge is 2.39. The Hall–Kier alpha value is -6.09. The van der Waals surface area contributed by atoms with E-state index in [4.69, 9.17) is 10.7 Å². The lowest BCUT2D eigenvalue weighted by molar-refractivity contribution is -0.120. The second kappa shape index (κ2) is 16.6. The van der Waals surface area contributed by atoms with E-state index in [0.29, 0.717) is 79.2 Å². The third kappa shape index (κ3) is 8.30. The summed E-state index contributed by atoms with van der Waals surface area (Å²) in [7, 11) is 0. The van der Waals surface area contributed by atoms with Gasteiger partial charge >= 0.3 is 6.03 Å². The van der Waals surface area contributed by atoms with E-state index in [2.05, 4.69) is 61.2 Å². The van der Waals surface area contributed by atoms with Crippen molar-refractivity contribution in [3.8, 4) is 17.0 Å². The van der Waals surface area contributed by atoms with Crippen LogP contribution in [0, 0.1) is 5.92 Å². The number of nitrogens with one attached hydrogen (secondary N) is 1. The number of halogens is 1. The third-order valence-corrected chi connectivity index (χ3v) is 14.1. The number of likely N-dealkylation sites (tertiary alicyclic amines) is 2. The van der Waals surface area contributed by atoms with Gasteiger partial charge in [-0.05, 0) is 91.5 Å². The summed E-state index contributed by atoms with van der Waals surface area (Å²) in [6, 6.07) is 18.8. The number of nitrogen functional groups attached to an aromatic ring is 1. The van der Waals surface area contributed by atoms with Crippen LogP contribution >= 0.6 is 0 Å². The van der Waals surface area contributed by atoms with Crippen molar-refractivity contribution >= 4 is 46.1 Å². The summed E-state index contributed by atoms with van der Waals surface area (Å²) in [4.78, 5) is 50.8. The first-order valence-corrected chi connectivity index (χ1v) is 22.6. The number of carbonyl (C=O) groups excluding carboxylic acids is 3. The number of piperidine rings is 3. The van der Waals surface area contributed by atoms with Crippen LogP contribution < -0.4 is 20.9 Å². The van der Waals surface area contributed by atoms with E-state index in [1.165, 1.54) is 5.56 Å². The Morgan fingerprint density at radius 1 is 0.937 bits per heavy atom. The van der Waals surface area contributed by atoms with Crippen molar-refractivity contribution < 1.29 is 23.9 Å². The maximum absolute atomic E-state index is 16.5. The molecule has 0 spiro atoms. The largest absolute Gasteiger partial charge is 0.507 e. The van der Waals surface area contributed by atoms with E-state index >= 15 is 4.39 Å². The van der Waals surface area contributed by atoms with E-state index in [9.17, 15) is 19.5 Å². The van der Waals surface area contributed by atoms with Gasteiger partial charge in [0.15, 0.2) is 5.82 Å². The van der Waals surface area contributed by atoms with Crippen LogP contribution in [0.1, 0.15) is 97.7 Å². The Morgan fingerprint density at radius 3 is 2.43 bits per heavy atom. The molecule has 0 bridgehead atoms. The lowest BCUT2D eigenvalue weighted by atomic mass is 9.84. The van der Waals surface area contributed by atoms with Gasteiger partial charge in [0.25, 0.3) is 5.91 Å². The van der Waals surface area contributed by atoms with Crippen LogP contribution in [0.3, 0.4) is 0 Å². The Labute approximate surface area is 366 Å². The minimum absolute atomic E-state index is 0.0603. The Kier molecular flexibility index (Phi) is 10.8. The number of aromatic hydroxyl groups is 1. The monoisotopic (exact) mass is 854 g/mol. The highest BCUT2D eigenvalue weighted by Crippen LogP contribution is 2.46. The molecule has 4 saturated heterocycles. The molecule has 2 atom stereocenters. The van der Waals surface area contributed by atoms with E-state index in [-0.39, 0.29) is 35.9 Å². The Bertz CT molecular complexity index is 2540. The first-order chi connectivity index (χ1) is 30.5. The van der Waals surface area contributed by atoms with Gasteiger partial charge in [0, 0.05) is 106 Å². The molecule has 0 radical (unpaired) electrons. The van der Waals surface area contributed by atoms with Crippen LogP contribution in [0.25, 0.3) is 22.3 Å². The molecule has 4 N–H and O–H groups in total. The van der Waals surface area contributed by atoms with Crippen molar-refractivity contribution in [2.45, 2.75) is 81.8 Å². The molecule has 10 rings (SSSR count). The highest BCUT2D eigenvalue weighted by atomic mass is 19.1. The van der Waals surface area contributed by atoms with Crippen molar-refractivity contribution in [1.82, 2.24) is 34.9 Å². The van der Waals surface area contributed by atoms with Crippen LogP contribution in [0.5, 0.6) is 5.75 Å². The van der Waals surface area contributed by atoms with Crippen molar-refractivity contribution in [2.24, 2.45) is 5.92 Å². The molecule has 1 saturated carbocycles. The zero-order valence-corrected chi connectivity index (χ0v) is 35.8. The van der Waals surface area contributed by atoms with Crippen molar-refractivity contribution in [3.63, 3.8) is 0 Å². The number of fused-ring (bicyclic) bond motifs is 1. The zero-order chi connectivity index (χ0) is 43.4. The van der Waals surface area contributed by atoms with E-state index in [0.717, 1.165) is 80.6 Å². The highest BCUT2D eigenvalue weighted by molar-refractivity contribution is 6.06. The number of anilines is 3. The number of hydrogen-bond acceptors (Lipinski definition) is 10. The van der Waals surface area contributed by atoms with Crippen LogP contribution in [0.15, 0.2) is 73.1 Å². The van der Waals surface area contributed by atoms with Gasteiger partial charge in [-0.1, -0.05) is 31.2 Å². The second-order valence-electron chi connectivity index (χ2n) is 18.6. The van der Waals surface area contributed by atoms with Crippen LogP contribution in [-0.2, 0) is 4.79 Å². The van der Waals surface area contributed by atoms with Gasteiger partial charge in [-0.2, -0.15) is 0 Å². The summed E-state index contributed by atoms with van der Waals surface area (Å²) < 4.78 is 18.8. The number of imide groups is 1. The number of pyridine rings is 1. The molecule has 15 heteroatoms. The smallest absolute Gasteiger partial charge is 0.328 e. The predicted molar refractivity (Wildman–Crippen MR) is 240 cm³/mol. The molecular formula is C48H55FN10O4. The lowest BCUT2D eigenvalue weighted by Gasteiger charge is -2.41. The number of benzene rings is 2. The fourth-order valence-electron chi connectivity index (χ4n) is 10.5. The molecule has 4 amide bonds. The molecule has 2 aromatic carbocycles. The summed E-state index contributed by atoms with van der Waals surface area (Å²) >= 11 is 0. The first-order valence-electron chi connectivity index (χ1n) is 22.6. The van der Waals surface area contributed by atoms with Gasteiger partial charge in [0.1, 0.15) is 17.1 Å². The molecule has 7 heterocycles. The van der Waals surface area contributed by atoms with Gasteiger partial charge < -0.3 is 30.1 Å². The summed E-state index contributed by atoms with van der Waals surface area (Å²) in [5.41, 5.74) is 11.6. The van der Waals surface area contributed by atoms with Crippen molar-refractivity contribution in [1.29, 1.82) is 0 Å². The third-order valence-electron chi connectivity index (χ3n) is 14.1. The summed E-state index contributed by atoms with van der Waals surface area (Å²) in [5, 5.41) is 22.4.